The molecule has 0 aliphatic carbocycles. The summed E-state index contributed by atoms with van der Waals surface area (Å²) in [5, 5.41) is 2.93. The van der Waals surface area contributed by atoms with E-state index < -0.39 is 65.6 Å². The molecular formula is C32H37F6N3O6. The van der Waals surface area contributed by atoms with Crippen LogP contribution in [0.25, 0.3) is 0 Å². The lowest BCUT2D eigenvalue weighted by molar-refractivity contribution is -0.156. The summed E-state index contributed by atoms with van der Waals surface area (Å²) in [5.74, 6) is -1.26. The fraction of sp³-hybridized carbons (Fsp3) is 0.531. The van der Waals surface area contributed by atoms with Crippen molar-refractivity contribution in [2.45, 2.75) is 82.0 Å². The number of nitrogens with zero attached hydrogens (tertiary/aromatic N) is 1. The highest BCUT2D eigenvalue weighted by atomic mass is 19.4. The van der Waals surface area contributed by atoms with E-state index in [2.05, 4.69) is 5.32 Å². The zero-order valence-electron chi connectivity index (χ0n) is 26.0. The molecule has 0 bridgehead atoms. The molecule has 4 atom stereocenters. The molecule has 0 radical (unpaired) electrons. The van der Waals surface area contributed by atoms with Crippen molar-refractivity contribution in [1.29, 1.82) is 0 Å². The van der Waals surface area contributed by atoms with Crippen molar-refractivity contribution < 1.29 is 54.9 Å². The van der Waals surface area contributed by atoms with Gasteiger partial charge in [-0.05, 0) is 61.4 Å². The van der Waals surface area contributed by atoms with Gasteiger partial charge in [-0.1, -0.05) is 44.2 Å². The third kappa shape index (κ3) is 8.18. The number of piperidine rings is 1. The van der Waals surface area contributed by atoms with Crippen LogP contribution in [-0.2, 0) is 41.7 Å². The molecule has 47 heavy (non-hydrogen) atoms. The molecule has 2 aromatic carbocycles. The summed E-state index contributed by atoms with van der Waals surface area (Å²) >= 11 is 0. The Balaban J connectivity index is 1.68. The van der Waals surface area contributed by atoms with Crippen molar-refractivity contribution in [3.05, 3.63) is 70.8 Å². The van der Waals surface area contributed by atoms with Crippen LogP contribution in [0.4, 0.5) is 31.1 Å². The van der Waals surface area contributed by atoms with Gasteiger partial charge in [0.15, 0.2) is 0 Å². The van der Waals surface area contributed by atoms with E-state index in [0.29, 0.717) is 30.5 Å². The molecule has 2 aromatic rings. The number of nitrogens with one attached hydrogen (secondary N) is 1. The summed E-state index contributed by atoms with van der Waals surface area (Å²) in [5.41, 5.74) is 0.848. The van der Waals surface area contributed by atoms with Crippen molar-refractivity contribution in [3.63, 3.8) is 0 Å². The number of nitrogens with two attached hydrogens (primary N) is 1. The van der Waals surface area contributed by atoms with Crippen LogP contribution in [0.2, 0.25) is 0 Å². The maximum absolute atomic E-state index is 13.8. The van der Waals surface area contributed by atoms with Crippen LogP contribution in [0.3, 0.4) is 0 Å². The van der Waals surface area contributed by atoms with E-state index in [0.717, 1.165) is 0 Å². The lowest BCUT2D eigenvalue weighted by atomic mass is 9.74. The zero-order chi connectivity index (χ0) is 34.8. The van der Waals surface area contributed by atoms with E-state index in [1.807, 2.05) is 0 Å². The molecule has 15 heteroatoms. The third-order valence-electron chi connectivity index (χ3n) is 8.79. The van der Waals surface area contributed by atoms with Crippen LogP contribution in [0.1, 0.15) is 74.8 Å². The molecule has 0 saturated carbocycles. The molecule has 0 unspecified atom stereocenters. The first-order valence-corrected chi connectivity index (χ1v) is 15.0. The van der Waals surface area contributed by atoms with Crippen LogP contribution >= 0.6 is 0 Å². The van der Waals surface area contributed by atoms with Gasteiger partial charge >= 0.3 is 24.4 Å². The molecule has 2 aliphatic heterocycles. The first kappa shape index (κ1) is 36.0. The number of rotatable bonds is 9. The molecule has 4 rings (SSSR count). The normalized spacial score (nSPS) is 23.0. The Hall–Kier alpha value is -3.85. The van der Waals surface area contributed by atoms with E-state index in [-0.39, 0.29) is 49.4 Å². The molecule has 2 saturated heterocycles. The fourth-order valence-electron chi connectivity index (χ4n) is 5.87. The molecular weight excluding hydrogens is 636 g/mol. The Kier molecular flexibility index (Phi) is 10.5. The van der Waals surface area contributed by atoms with E-state index in [1.54, 1.807) is 44.2 Å². The van der Waals surface area contributed by atoms with Crippen LogP contribution in [0.5, 0.6) is 0 Å². The van der Waals surface area contributed by atoms with Gasteiger partial charge in [-0.3, -0.25) is 14.5 Å². The number of carbonyl (C=O) groups excluding carboxylic acids is 3. The van der Waals surface area contributed by atoms with E-state index in [9.17, 15) is 40.7 Å². The van der Waals surface area contributed by atoms with Gasteiger partial charge in [0, 0.05) is 13.0 Å². The van der Waals surface area contributed by atoms with Crippen LogP contribution in [-0.4, -0.2) is 54.4 Å². The molecule has 2 amide bonds. The number of carbonyl (C=O) groups is 3. The second kappa shape index (κ2) is 13.7. The van der Waals surface area contributed by atoms with Gasteiger partial charge < -0.3 is 25.3 Å². The summed E-state index contributed by atoms with van der Waals surface area (Å²) in [7, 11) is 0. The number of alkyl halides is 6. The number of esters is 1. The lowest BCUT2D eigenvalue weighted by Gasteiger charge is -2.52. The Morgan fingerprint density at radius 1 is 0.936 bits per heavy atom. The third-order valence-corrected chi connectivity index (χ3v) is 8.79. The number of hydrogen-bond acceptors (Lipinski definition) is 7. The van der Waals surface area contributed by atoms with Crippen molar-refractivity contribution in [2.24, 2.45) is 11.7 Å². The van der Waals surface area contributed by atoms with Crippen molar-refractivity contribution >= 4 is 18.0 Å². The van der Waals surface area contributed by atoms with E-state index in [1.165, 1.54) is 11.8 Å². The average Bonchev–Trinajstić information content (AvgIpc) is 3.38. The van der Waals surface area contributed by atoms with Crippen LogP contribution < -0.4 is 11.1 Å². The maximum atomic E-state index is 13.8. The zero-order valence-corrected chi connectivity index (χ0v) is 26.0. The smallest absolute Gasteiger partial charge is 0.416 e. The molecule has 2 heterocycles. The van der Waals surface area contributed by atoms with Gasteiger partial charge in [0.1, 0.15) is 6.04 Å². The molecule has 258 valence electrons. The Morgan fingerprint density at radius 2 is 1.55 bits per heavy atom. The molecule has 9 nitrogen and oxygen atoms in total. The van der Waals surface area contributed by atoms with Crippen LogP contribution in [0, 0.1) is 5.92 Å². The lowest BCUT2D eigenvalue weighted by Crippen LogP contribution is -2.65. The van der Waals surface area contributed by atoms with Gasteiger partial charge in [-0.25, -0.2) is 4.79 Å². The monoisotopic (exact) mass is 673 g/mol. The highest BCUT2D eigenvalue weighted by Crippen LogP contribution is 2.45. The van der Waals surface area contributed by atoms with Crippen LogP contribution in [0.15, 0.2) is 48.5 Å². The topological polar surface area (TPSA) is 120 Å². The summed E-state index contributed by atoms with van der Waals surface area (Å²) in [6.45, 7) is 3.52. The standard InChI is InChI=1S/C32H37F6N3O6/c1-19(2)26(39)27(43)46-18-47-28(44)41-16-29(10-9-25(42)40-29)11-12-30(41,22-7-5-4-6-8-22)17-45-20(3)21-13-23(31(33,34)35)15-24(14-21)32(36,37)38/h4-8,13-15,19-20,26H,9-12,16-18,39H2,1-3H3,(H,40,42)/t20-,26+,29-,30-/m1/s1. The summed E-state index contributed by atoms with van der Waals surface area (Å²) in [6.07, 6.45) is -11.2. The summed E-state index contributed by atoms with van der Waals surface area (Å²) in [6, 6.07) is 8.79. The van der Waals surface area contributed by atoms with Gasteiger partial charge in [0.05, 0.1) is 34.9 Å². The number of ether oxygens (including phenoxy) is 3. The predicted molar refractivity (Wildman–Crippen MR) is 155 cm³/mol. The van der Waals surface area contributed by atoms with Gasteiger partial charge in [-0.2, -0.15) is 26.3 Å². The fourth-order valence-corrected chi connectivity index (χ4v) is 5.87. The van der Waals surface area contributed by atoms with E-state index >= 15 is 0 Å². The first-order valence-electron chi connectivity index (χ1n) is 15.0. The quantitative estimate of drug-likeness (QED) is 0.189. The number of benzene rings is 2. The minimum absolute atomic E-state index is 0.0384. The minimum atomic E-state index is -5.05. The molecule has 2 fully saturated rings. The molecule has 3 N–H and O–H groups in total. The summed E-state index contributed by atoms with van der Waals surface area (Å²) < 4.78 is 97.9. The van der Waals surface area contributed by atoms with Gasteiger partial charge in [-0.15, -0.1) is 0 Å². The SMILES string of the molecule is CC(C)[C@H](N)C(=O)OCOC(=O)N1C[C@@]2(CCC(=O)N2)CC[C@@]1(CO[C@H](C)c1cc(C(F)(F)F)cc(C(F)(F)F)c1)c1ccccc1. The average molecular weight is 674 g/mol. The van der Waals surface area contributed by atoms with Crippen molar-refractivity contribution in [2.75, 3.05) is 19.9 Å². The molecule has 1 spiro atoms. The molecule has 0 aromatic heterocycles. The second-order valence-electron chi connectivity index (χ2n) is 12.4. The highest BCUT2D eigenvalue weighted by Gasteiger charge is 2.54. The number of hydrogen-bond donors (Lipinski definition) is 2. The largest absolute Gasteiger partial charge is 0.427 e. The maximum Gasteiger partial charge on any atom is 0.416 e. The number of amides is 2. The van der Waals surface area contributed by atoms with E-state index in [4.69, 9.17) is 19.9 Å². The molecule has 2 aliphatic rings. The van der Waals surface area contributed by atoms with Crippen molar-refractivity contribution in [1.82, 2.24) is 10.2 Å². The number of likely N-dealkylation sites (tertiary alicyclic amines) is 1. The highest BCUT2D eigenvalue weighted by molar-refractivity contribution is 5.80. The first-order chi connectivity index (χ1) is 21.9. The summed E-state index contributed by atoms with van der Waals surface area (Å²) in [4.78, 5) is 39.6. The predicted octanol–water partition coefficient (Wildman–Crippen LogP) is 6.06. The Labute approximate surface area is 267 Å². The Morgan fingerprint density at radius 3 is 2.09 bits per heavy atom. The second-order valence-corrected chi connectivity index (χ2v) is 12.4. The number of halogens is 6. The van der Waals surface area contributed by atoms with Gasteiger partial charge in [0.2, 0.25) is 12.7 Å². The van der Waals surface area contributed by atoms with Gasteiger partial charge in [0.25, 0.3) is 0 Å². The van der Waals surface area contributed by atoms with Crippen molar-refractivity contribution in [3.8, 4) is 0 Å². The Bertz CT molecular complexity index is 1420. The minimum Gasteiger partial charge on any atom is -0.427 e.